The zero-order chi connectivity index (χ0) is 16.3. The number of aromatic nitrogens is 3. The first-order chi connectivity index (χ1) is 11.1. The number of hydrogen-bond acceptors (Lipinski definition) is 4. The summed E-state index contributed by atoms with van der Waals surface area (Å²) in [5, 5.41) is 4.43. The van der Waals surface area contributed by atoms with Crippen LogP contribution in [0.3, 0.4) is 0 Å². The fraction of sp³-hybridized carbons (Fsp3) is 0.500. The molecule has 0 spiro atoms. The van der Waals surface area contributed by atoms with E-state index in [1.165, 1.54) is 0 Å². The van der Waals surface area contributed by atoms with Crippen LogP contribution in [0.2, 0.25) is 0 Å². The number of unbranched alkanes of at least 4 members (excludes halogenated alkanes) is 1. The van der Waals surface area contributed by atoms with Crippen LogP contribution in [-0.4, -0.2) is 28.9 Å². The number of fused-ring (bicyclic) bond motifs is 1. The van der Waals surface area contributed by atoms with Crippen LogP contribution in [0.1, 0.15) is 49.9 Å². The van der Waals surface area contributed by atoms with Gasteiger partial charge < -0.3 is 0 Å². The average molecular weight is 334 g/mol. The third-order valence-corrected chi connectivity index (χ3v) is 5.61. The van der Waals surface area contributed by atoms with Crippen molar-refractivity contribution in [1.29, 1.82) is 0 Å². The third-order valence-electron chi connectivity index (χ3n) is 4.14. The fourth-order valence-electron chi connectivity index (χ4n) is 2.97. The van der Waals surface area contributed by atoms with Crippen LogP contribution < -0.4 is 4.72 Å². The maximum atomic E-state index is 12.2. The lowest BCUT2D eigenvalue weighted by molar-refractivity contribution is 0.500. The van der Waals surface area contributed by atoms with Crippen LogP contribution in [-0.2, 0) is 16.4 Å². The second-order valence-electron chi connectivity index (χ2n) is 5.88. The van der Waals surface area contributed by atoms with Crippen LogP contribution >= 0.6 is 0 Å². The zero-order valence-electron chi connectivity index (χ0n) is 13.3. The van der Waals surface area contributed by atoms with Gasteiger partial charge in [0.25, 0.3) is 0 Å². The Bertz CT molecular complexity index is 756. The second-order valence-corrected chi connectivity index (χ2v) is 7.75. The predicted octanol–water partition coefficient (Wildman–Crippen LogP) is 2.36. The first-order valence-corrected chi connectivity index (χ1v) is 9.74. The first kappa shape index (κ1) is 16.1. The van der Waals surface area contributed by atoms with Crippen LogP contribution in [0.25, 0.3) is 5.82 Å². The van der Waals surface area contributed by atoms with Crippen LogP contribution in [0.5, 0.6) is 0 Å². The highest BCUT2D eigenvalue weighted by molar-refractivity contribution is 7.89. The minimum atomic E-state index is -3.24. The molecule has 0 radical (unpaired) electrons. The van der Waals surface area contributed by atoms with E-state index >= 15 is 0 Å². The van der Waals surface area contributed by atoms with Gasteiger partial charge in [-0.15, -0.1) is 0 Å². The van der Waals surface area contributed by atoms with Gasteiger partial charge in [-0.2, -0.15) is 5.10 Å². The molecule has 0 amide bonds. The molecular formula is C16H22N4O2S. The number of hydrogen-bond donors (Lipinski definition) is 1. The summed E-state index contributed by atoms with van der Waals surface area (Å²) in [5.74, 6) is 0.951. The quantitative estimate of drug-likeness (QED) is 0.880. The van der Waals surface area contributed by atoms with Crippen molar-refractivity contribution >= 4 is 10.0 Å². The van der Waals surface area contributed by atoms with E-state index in [0.29, 0.717) is 6.42 Å². The molecule has 2 aromatic heterocycles. The van der Waals surface area contributed by atoms with E-state index in [2.05, 4.69) is 14.8 Å². The number of sulfonamides is 1. The lowest BCUT2D eigenvalue weighted by Gasteiger charge is -2.24. The van der Waals surface area contributed by atoms with Crippen molar-refractivity contribution in [2.45, 2.75) is 45.1 Å². The van der Waals surface area contributed by atoms with Gasteiger partial charge in [-0.25, -0.2) is 22.8 Å². The largest absolute Gasteiger partial charge is 0.237 e. The minimum absolute atomic E-state index is 0.182. The molecule has 2 heterocycles. The lowest BCUT2D eigenvalue weighted by Crippen LogP contribution is -2.32. The summed E-state index contributed by atoms with van der Waals surface area (Å²) in [6.07, 6.45) is 7.70. The molecule has 1 aliphatic rings. The van der Waals surface area contributed by atoms with Gasteiger partial charge in [0.15, 0.2) is 5.82 Å². The monoisotopic (exact) mass is 334 g/mol. The number of pyridine rings is 1. The van der Waals surface area contributed by atoms with Crippen LogP contribution in [0.15, 0.2) is 30.6 Å². The van der Waals surface area contributed by atoms with Gasteiger partial charge >= 0.3 is 0 Å². The molecule has 0 aliphatic heterocycles. The molecule has 23 heavy (non-hydrogen) atoms. The number of nitrogens with zero attached hydrogens (tertiary/aromatic N) is 3. The van der Waals surface area contributed by atoms with E-state index in [9.17, 15) is 8.42 Å². The highest BCUT2D eigenvalue weighted by atomic mass is 32.2. The molecule has 3 rings (SSSR count). The maximum absolute atomic E-state index is 12.2. The van der Waals surface area contributed by atoms with Gasteiger partial charge in [-0.1, -0.05) is 19.4 Å². The Labute approximate surface area is 137 Å². The molecule has 6 nitrogen and oxygen atoms in total. The molecule has 0 fully saturated rings. The molecule has 124 valence electrons. The van der Waals surface area contributed by atoms with Crippen molar-refractivity contribution in [1.82, 2.24) is 19.5 Å². The fourth-order valence-corrected chi connectivity index (χ4v) is 4.43. The molecule has 1 N–H and O–H groups in total. The summed E-state index contributed by atoms with van der Waals surface area (Å²) in [7, 11) is -3.24. The summed E-state index contributed by atoms with van der Waals surface area (Å²) in [5.41, 5.74) is 2.03. The maximum Gasteiger partial charge on any atom is 0.212 e. The van der Waals surface area contributed by atoms with Gasteiger partial charge in [0.05, 0.1) is 23.7 Å². The average Bonchev–Trinajstić information content (AvgIpc) is 2.99. The third kappa shape index (κ3) is 3.61. The first-order valence-electron chi connectivity index (χ1n) is 8.09. The SMILES string of the molecule is CCCCS(=O)(=O)N[C@@H]1CCCc2c1cnn2-c1ccccn1. The van der Waals surface area contributed by atoms with E-state index in [-0.39, 0.29) is 11.8 Å². The summed E-state index contributed by atoms with van der Waals surface area (Å²) < 4.78 is 29.1. The Morgan fingerprint density at radius 1 is 1.39 bits per heavy atom. The highest BCUT2D eigenvalue weighted by Crippen LogP contribution is 2.31. The predicted molar refractivity (Wildman–Crippen MR) is 88.9 cm³/mol. The van der Waals surface area contributed by atoms with Crippen LogP contribution in [0.4, 0.5) is 0 Å². The molecular weight excluding hydrogens is 312 g/mol. The van der Waals surface area contributed by atoms with E-state index in [4.69, 9.17) is 0 Å². The van der Waals surface area contributed by atoms with Crippen molar-refractivity contribution in [3.05, 3.63) is 41.9 Å². The van der Waals surface area contributed by atoms with Crippen molar-refractivity contribution < 1.29 is 8.42 Å². The number of nitrogens with one attached hydrogen (secondary N) is 1. The molecule has 0 saturated heterocycles. The summed E-state index contributed by atoms with van der Waals surface area (Å²) in [6, 6.07) is 5.51. The highest BCUT2D eigenvalue weighted by Gasteiger charge is 2.28. The summed E-state index contributed by atoms with van der Waals surface area (Å²) in [6.45, 7) is 1.99. The van der Waals surface area contributed by atoms with Crippen molar-refractivity contribution in [3.8, 4) is 5.82 Å². The molecule has 0 unspecified atom stereocenters. The summed E-state index contributed by atoms with van der Waals surface area (Å²) in [4.78, 5) is 4.33. The molecule has 1 atom stereocenters. The van der Waals surface area contributed by atoms with Gasteiger partial charge in [-0.05, 0) is 37.8 Å². The van der Waals surface area contributed by atoms with Crippen molar-refractivity contribution in [2.75, 3.05) is 5.75 Å². The topological polar surface area (TPSA) is 76.9 Å². The van der Waals surface area contributed by atoms with Crippen LogP contribution in [0, 0.1) is 0 Å². The zero-order valence-corrected chi connectivity index (χ0v) is 14.1. The molecule has 7 heteroatoms. The van der Waals surface area contributed by atoms with Crippen molar-refractivity contribution in [3.63, 3.8) is 0 Å². The van der Waals surface area contributed by atoms with E-state index in [0.717, 1.165) is 42.8 Å². The van der Waals surface area contributed by atoms with Gasteiger partial charge in [0.1, 0.15) is 0 Å². The van der Waals surface area contributed by atoms with E-state index in [1.807, 2.05) is 29.8 Å². The minimum Gasteiger partial charge on any atom is -0.237 e. The Hall–Kier alpha value is -1.73. The lowest BCUT2D eigenvalue weighted by atomic mass is 9.94. The number of rotatable bonds is 6. The Kier molecular flexibility index (Phi) is 4.77. The molecule has 0 aromatic carbocycles. The van der Waals surface area contributed by atoms with Gasteiger partial charge in [0, 0.05) is 11.8 Å². The smallest absolute Gasteiger partial charge is 0.212 e. The van der Waals surface area contributed by atoms with Gasteiger partial charge in [-0.3, -0.25) is 0 Å². The Balaban J connectivity index is 1.85. The van der Waals surface area contributed by atoms with E-state index < -0.39 is 10.0 Å². The Morgan fingerprint density at radius 2 is 2.26 bits per heavy atom. The second kappa shape index (κ2) is 6.80. The van der Waals surface area contributed by atoms with Gasteiger partial charge in [0.2, 0.25) is 10.0 Å². The molecule has 0 bridgehead atoms. The molecule has 1 aliphatic carbocycles. The normalized spacial score (nSPS) is 17.9. The standard InChI is InChI=1S/C16H22N4O2S/c1-2-3-11-23(21,22)19-14-7-6-8-15-13(14)12-18-20(15)16-9-4-5-10-17-16/h4-5,9-10,12,14,19H,2-3,6-8,11H2,1H3/t14-/m1/s1. The summed E-state index contributed by atoms with van der Waals surface area (Å²) >= 11 is 0. The van der Waals surface area contributed by atoms with Crippen molar-refractivity contribution in [2.24, 2.45) is 0 Å². The molecule has 2 aromatic rings. The Morgan fingerprint density at radius 3 is 3.00 bits per heavy atom. The van der Waals surface area contributed by atoms with E-state index in [1.54, 1.807) is 12.4 Å². The molecule has 0 saturated carbocycles.